The van der Waals surface area contributed by atoms with Crippen molar-refractivity contribution in [3.05, 3.63) is 60.8 Å². The van der Waals surface area contributed by atoms with Gasteiger partial charge in [-0.2, -0.15) is 0 Å². The molecule has 0 aliphatic heterocycles. The highest BCUT2D eigenvalue weighted by molar-refractivity contribution is 7.47. The van der Waals surface area contributed by atoms with Crippen LogP contribution in [0.1, 0.15) is 349 Å². The van der Waals surface area contributed by atoms with E-state index in [9.17, 15) is 43.2 Å². The summed E-state index contributed by atoms with van der Waals surface area (Å²) in [5.74, 6) is -2.18. The van der Waals surface area contributed by atoms with Crippen molar-refractivity contribution in [2.75, 3.05) is 39.6 Å². The first kappa shape index (κ1) is 92.8. The molecule has 3 N–H and O–H groups in total. The number of phosphoric ester groups is 2. The summed E-state index contributed by atoms with van der Waals surface area (Å²) in [7, 11) is -9.94. The Kier molecular flexibility index (Phi) is 67.8. The summed E-state index contributed by atoms with van der Waals surface area (Å²) in [6.45, 7) is 4.77. The number of hydrogen-bond donors (Lipinski definition) is 3. The van der Waals surface area contributed by atoms with Gasteiger partial charge < -0.3 is 33.8 Å². The van der Waals surface area contributed by atoms with Gasteiger partial charge in [0.25, 0.3) is 0 Å². The van der Waals surface area contributed by atoms with Gasteiger partial charge in [0, 0.05) is 25.7 Å². The van der Waals surface area contributed by atoms with Crippen molar-refractivity contribution in [3.8, 4) is 0 Å². The van der Waals surface area contributed by atoms with Gasteiger partial charge in [0.05, 0.1) is 26.4 Å². The van der Waals surface area contributed by atoms with Crippen LogP contribution in [0, 0.1) is 0 Å². The van der Waals surface area contributed by atoms with Crippen LogP contribution in [-0.2, 0) is 65.4 Å². The van der Waals surface area contributed by atoms with E-state index in [4.69, 9.17) is 37.0 Å². The van der Waals surface area contributed by atoms with Crippen molar-refractivity contribution < 1.29 is 80.2 Å². The second-order valence-corrected chi connectivity index (χ2v) is 28.8. The fraction of sp³-hybridized carbons (Fsp3) is 0.818. The van der Waals surface area contributed by atoms with Crippen LogP contribution in [-0.4, -0.2) is 96.7 Å². The van der Waals surface area contributed by atoms with Gasteiger partial charge in [0.1, 0.15) is 19.3 Å². The highest BCUT2D eigenvalue weighted by Gasteiger charge is 2.30. The molecule has 19 heteroatoms. The number of carbonyl (C=O) groups excluding carboxylic acids is 4. The third-order valence-electron chi connectivity index (χ3n) is 16.5. The minimum Gasteiger partial charge on any atom is -0.462 e. The minimum atomic E-state index is -4.97. The summed E-state index contributed by atoms with van der Waals surface area (Å²) in [5.41, 5.74) is 0. The lowest BCUT2D eigenvalue weighted by Gasteiger charge is -2.21. The minimum absolute atomic E-state index is 0.0831. The van der Waals surface area contributed by atoms with Crippen LogP contribution in [0.4, 0.5) is 0 Å². The first-order chi connectivity index (χ1) is 46.7. The summed E-state index contributed by atoms with van der Waals surface area (Å²) in [6, 6.07) is 0. The van der Waals surface area contributed by atoms with E-state index < -0.39 is 97.5 Å². The molecule has 17 nitrogen and oxygen atoms in total. The van der Waals surface area contributed by atoms with Crippen molar-refractivity contribution in [2.24, 2.45) is 0 Å². The first-order valence-electron chi connectivity index (χ1n) is 38.5. The van der Waals surface area contributed by atoms with Gasteiger partial charge in [-0.1, -0.05) is 294 Å². The number of ether oxygens (including phenoxy) is 4. The smallest absolute Gasteiger partial charge is 0.462 e. The van der Waals surface area contributed by atoms with Crippen LogP contribution in [0.15, 0.2) is 60.8 Å². The monoisotopic (exact) mass is 1400 g/mol. The van der Waals surface area contributed by atoms with Crippen LogP contribution in [0.25, 0.3) is 0 Å². The lowest BCUT2D eigenvalue weighted by atomic mass is 10.0. The molecule has 0 aliphatic carbocycles. The fourth-order valence-corrected chi connectivity index (χ4v) is 12.2. The highest BCUT2D eigenvalue weighted by atomic mass is 31.2. The predicted molar refractivity (Wildman–Crippen MR) is 390 cm³/mol. The van der Waals surface area contributed by atoms with Crippen LogP contribution in [0.3, 0.4) is 0 Å². The maximum absolute atomic E-state index is 13.1. The van der Waals surface area contributed by atoms with E-state index in [-0.39, 0.29) is 25.7 Å². The molecule has 0 fully saturated rings. The van der Waals surface area contributed by atoms with Crippen molar-refractivity contribution in [2.45, 2.75) is 367 Å². The molecule has 5 atom stereocenters. The number of allylic oxidation sites excluding steroid dienone is 10. The summed E-state index contributed by atoms with van der Waals surface area (Å²) < 4.78 is 68.4. The first-order valence-corrected chi connectivity index (χ1v) is 41.5. The van der Waals surface area contributed by atoms with Gasteiger partial charge in [-0.05, 0) is 89.9 Å². The Morgan fingerprint density at radius 1 is 0.302 bits per heavy atom. The van der Waals surface area contributed by atoms with E-state index in [0.717, 1.165) is 135 Å². The van der Waals surface area contributed by atoms with Gasteiger partial charge in [-0.3, -0.25) is 37.3 Å². The second kappa shape index (κ2) is 70.2. The molecule has 0 rings (SSSR count). The van der Waals surface area contributed by atoms with E-state index in [2.05, 4.69) is 88.5 Å². The summed E-state index contributed by atoms with van der Waals surface area (Å²) in [6.07, 6.45) is 67.8. The Hall–Kier alpha value is -3.24. The molecule has 0 bridgehead atoms. The maximum Gasteiger partial charge on any atom is 0.472 e. The number of carbonyl (C=O) groups is 4. The number of aliphatic hydroxyl groups is 1. The maximum atomic E-state index is 13.1. The van der Waals surface area contributed by atoms with E-state index in [1.807, 2.05) is 0 Å². The van der Waals surface area contributed by atoms with Crippen molar-refractivity contribution in [1.82, 2.24) is 0 Å². The topological polar surface area (TPSA) is 237 Å². The average Bonchev–Trinajstić information content (AvgIpc) is 2.18. The molecule has 5 unspecified atom stereocenters. The van der Waals surface area contributed by atoms with Crippen molar-refractivity contribution >= 4 is 39.5 Å². The Morgan fingerprint density at radius 2 is 0.542 bits per heavy atom. The number of aliphatic hydroxyl groups excluding tert-OH is 1. The number of hydrogen-bond acceptors (Lipinski definition) is 15. The quantitative estimate of drug-likeness (QED) is 0.0169. The molecule has 0 saturated heterocycles. The zero-order chi connectivity index (χ0) is 70.4. The summed E-state index contributed by atoms with van der Waals surface area (Å²) in [4.78, 5) is 72.8. The Morgan fingerprint density at radius 3 is 0.844 bits per heavy atom. The molecule has 560 valence electrons. The van der Waals surface area contributed by atoms with Crippen molar-refractivity contribution in [1.29, 1.82) is 0 Å². The van der Waals surface area contributed by atoms with Gasteiger partial charge in [0.15, 0.2) is 12.2 Å². The third-order valence-corrected chi connectivity index (χ3v) is 18.4. The molecule has 0 spiro atoms. The number of esters is 4. The summed E-state index contributed by atoms with van der Waals surface area (Å²) in [5, 5.41) is 10.6. The zero-order valence-electron chi connectivity index (χ0n) is 61.1. The predicted octanol–water partition coefficient (Wildman–Crippen LogP) is 21.9. The fourth-order valence-electron chi connectivity index (χ4n) is 10.6. The molecule has 0 aromatic carbocycles. The van der Waals surface area contributed by atoms with Crippen LogP contribution in [0.5, 0.6) is 0 Å². The Bertz CT molecular complexity index is 2060. The molecule has 0 heterocycles. The number of phosphoric acid groups is 2. The lowest BCUT2D eigenvalue weighted by molar-refractivity contribution is -0.161. The molecule has 0 aromatic rings. The van der Waals surface area contributed by atoms with E-state index >= 15 is 0 Å². The highest BCUT2D eigenvalue weighted by Crippen LogP contribution is 2.45. The van der Waals surface area contributed by atoms with Gasteiger partial charge in [0.2, 0.25) is 0 Å². The largest absolute Gasteiger partial charge is 0.472 e. The normalized spacial score (nSPS) is 14.3. The second-order valence-electron chi connectivity index (χ2n) is 25.9. The van der Waals surface area contributed by atoms with Crippen LogP contribution < -0.4 is 0 Å². The Labute approximate surface area is 584 Å². The van der Waals surface area contributed by atoms with Crippen molar-refractivity contribution in [3.63, 3.8) is 0 Å². The Balaban J connectivity index is 5.32. The van der Waals surface area contributed by atoms with Crippen LogP contribution in [0.2, 0.25) is 0 Å². The molecule has 0 aromatic heterocycles. The zero-order valence-corrected chi connectivity index (χ0v) is 62.8. The molecule has 0 aliphatic rings. The molecule has 96 heavy (non-hydrogen) atoms. The van der Waals surface area contributed by atoms with E-state index in [0.29, 0.717) is 25.7 Å². The molecule has 0 amide bonds. The standard InChI is InChI=1S/C77H140O17P2/c1-5-9-13-17-21-25-29-32-34-35-37-39-43-46-50-54-58-62-75(80)88-68-73(94-77(82)64-60-56-52-48-44-40-36-33-30-26-22-18-14-10-6-2)70-92-96(85,86)90-66-71(78)65-89-95(83,84)91-69-72(93-76(81)63-59-55-51-47-41-28-24-20-16-12-8-4)67-87-74(79)61-57-53-49-45-42-38-31-27-23-19-15-11-7-3/h9,13,21,25,32-34,36-37,39,71-73,78H,5-8,10-12,14-20,22-24,26-31,35,38,40-70H2,1-4H3,(H,83,84)(H,85,86)/b13-9-,25-21-,34-32-,36-33-,39-37-. The van der Waals surface area contributed by atoms with Gasteiger partial charge >= 0.3 is 39.5 Å². The third kappa shape index (κ3) is 69.2. The molecular formula is C77H140O17P2. The molecular weight excluding hydrogens is 1260 g/mol. The number of rotatable bonds is 73. The molecule has 0 radical (unpaired) electrons. The molecule has 0 saturated carbocycles. The van der Waals surface area contributed by atoms with Crippen LogP contribution >= 0.6 is 15.6 Å². The average molecular weight is 1400 g/mol. The van der Waals surface area contributed by atoms with E-state index in [1.54, 1.807) is 0 Å². The SMILES string of the molecule is CC/C=C\C/C=C\C/C=C\C/C=C\CCCCCCC(=O)OCC(COP(=O)(O)OCC(O)COP(=O)(O)OCC(COC(=O)CCCCCCCCCCCCCCC)OC(=O)CCCCCCCCCCCCC)OC(=O)CCCCCCC/C=C\CCCCCCCC. The van der Waals surface area contributed by atoms with Gasteiger partial charge in [-0.25, -0.2) is 9.13 Å². The number of unbranched alkanes of at least 4 members (excludes halogenated alkanes) is 37. The summed E-state index contributed by atoms with van der Waals surface area (Å²) >= 11 is 0. The van der Waals surface area contributed by atoms with E-state index in [1.165, 1.54) is 135 Å². The lowest BCUT2D eigenvalue weighted by Crippen LogP contribution is -2.30. The van der Waals surface area contributed by atoms with Gasteiger partial charge in [-0.15, -0.1) is 0 Å².